The maximum absolute atomic E-state index is 11.9. The van der Waals surface area contributed by atoms with E-state index >= 15 is 0 Å². The lowest BCUT2D eigenvalue weighted by Gasteiger charge is -2.64. The molecule has 4 aliphatic carbocycles. The highest BCUT2D eigenvalue weighted by molar-refractivity contribution is 5.81. The van der Waals surface area contributed by atoms with Crippen LogP contribution in [0.1, 0.15) is 52.4 Å². The fraction of sp³-hybridized carbons (Fsp3) is 0.824. The Morgan fingerprint density at radius 2 is 2.00 bits per heavy atom. The summed E-state index contributed by atoms with van der Waals surface area (Å²) in [5.74, 6) is 1.29. The zero-order valence-corrected chi connectivity index (χ0v) is 12.6. The monoisotopic (exact) mass is 278 g/mol. The molecule has 20 heavy (non-hydrogen) atoms. The van der Waals surface area contributed by atoms with Crippen LogP contribution in [0.3, 0.4) is 0 Å². The van der Waals surface area contributed by atoms with E-state index in [4.69, 9.17) is 4.74 Å². The lowest BCUT2D eigenvalue weighted by Crippen LogP contribution is -2.67. The molecule has 4 fully saturated rings. The van der Waals surface area contributed by atoms with Crippen molar-refractivity contribution in [3.8, 4) is 0 Å². The highest BCUT2D eigenvalue weighted by atomic mass is 16.6. The van der Waals surface area contributed by atoms with Crippen LogP contribution in [0.5, 0.6) is 0 Å². The molecule has 3 unspecified atom stereocenters. The van der Waals surface area contributed by atoms with Crippen LogP contribution in [-0.2, 0) is 9.53 Å². The van der Waals surface area contributed by atoms with Crippen molar-refractivity contribution >= 4 is 5.97 Å². The smallest absolute Gasteiger partial charge is 0.330 e. The fourth-order valence-electron chi connectivity index (χ4n) is 5.57. The first-order valence-electron chi connectivity index (χ1n) is 8.01. The van der Waals surface area contributed by atoms with Crippen molar-refractivity contribution in [2.45, 2.75) is 63.6 Å². The molecule has 0 amide bonds. The first kappa shape index (κ1) is 14.1. The summed E-state index contributed by atoms with van der Waals surface area (Å²) in [6, 6.07) is 0. The minimum atomic E-state index is -0.492. The van der Waals surface area contributed by atoms with Crippen LogP contribution in [-0.4, -0.2) is 22.3 Å². The molecule has 112 valence electrons. The Morgan fingerprint density at radius 1 is 1.40 bits per heavy atom. The Labute approximate surface area is 121 Å². The lowest BCUT2D eigenvalue weighted by molar-refractivity contribution is -0.255. The quantitative estimate of drug-likeness (QED) is 0.635. The molecule has 3 heteroatoms. The standard InChI is InChI=1S/C17H26O3/c1-4-11(3)17(20-15(18)5-2)13-6-12-7-14(17)10-16(19,8-12)9-13/h5,11-14,19H,2,4,6-10H2,1,3H3. The Morgan fingerprint density at radius 3 is 2.45 bits per heavy atom. The van der Waals surface area contributed by atoms with Gasteiger partial charge in [-0.15, -0.1) is 0 Å². The summed E-state index contributed by atoms with van der Waals surface area (Å²) >= 11 is 0. The maximum Gasteiger partial charge on any atom is 0.330 e. The summed E-state index contributed by atoms with van der Waals surface area (Å²) in [5, 5.41) is 10.7. The van der Waals surface area contributed by atoms with E-state index in [1.807, 2.05) is 0 Å². The molecule has 0 heterocycles. The molecular formula is C17H26O3. The van der Waals surface area contributed by atoms with E-state index in [-0.39, 0.29) is 11.6 Å². The van der Waals surface area contributed by atoms with E-state index in [2.05, 4.69) is 20.4 Å². The van der Waals surface area contributed by atoms with Crippen LogP contribution in [0.2, 0.25) is 0 Å². The van der Waals surface area contributed by atoms with Gasteiger partial charge in [-0.05, 0) is 50.4 Å². The van der Waals surface area contributed by atoms with Crippen LogP contribution in [0.4, 0.5) is 0 Å². The molecule has 4 aliphatic rings. The summed E-state index contributed by atoms with van der Waals surface area (Å²) < 4.78 is 5.99. The van der Waals surface area contributed by atoms with Crippen molar-refractivity contribution in [1.29, 1.82) is 0 Å². The Balaban J connectivity index is 1.98. The van der Waals surface area contributed by atoms with Crippen LogP contribution in [0, 0.1) is 23.7 Å². The zero-order chi connectivity index (χ0) is 14.5. The maximum atomic E-state index is 11.9. The molecule has 4 saturated carbocycles. The van der Waals surface area contributed by atoms with E-state index in [0.29, 0.717) is 23.7 Å². The molecule has 0 aromatic carbocycles. The van der Waals surface area contributed by atoms with Crippen LogP contribution < -0.4 is 0 Å². The van der Waals surface area contributed by atoms with Crippen molar-refractivity contribution in [2.75, 3.05) is 0 Å². The molecule has 3 atom stereocenters. The zero-order valence-electron chi connectivity index (χ0n) is 12.6. The molecule has 0 spiro atoms. The van der Waals surface area contributed by atoms with E-state index in [9.17, 15) is 9.90 Å². The molecule has 0 saturated heterocycles. The second-order valence-corrected chi connectivity index (χ2v) is 7.36. The third-order valence-corrected chi connectivity index (χ3v) is 6.26. The fourth-order valence-corrected chi connectivity index (χ4v) is 5.57. The van der Waals surface area contributed by atoms with Gasteiger partial charge in [0.15, 0.2) is 0 Å². The van der Waals surface area contributed by atoms with Crippen LogP contribution >= 0.6 is 0 Å². The predicted octanol–water partition coefficient (Wildman–Crippen LogP) is 3.07. The molecule has 0 aromatic heterocycles. The number of hydrogen-bond donors (Lipinski definition) is 1. The van der Waals surface area contributed by atoms with Crippen molar-refractivity contribution < 1.29 is 14.6 Å². The summed E-state index contributed by atoms with van der Waals surface area (Å²) in [6.07, 6.45) is 7.04. The van der Waals surface area contributed by atoms with E-state index in [1.54, 1.807) is 0 Å². The number of rotatable bonds is 4. The van der Waals surface area contributed by atoms with Gasteiger partial charge in [-0.3, -0.25) is 0 Å². The van der Waals surface area contributed by atoms with Gasteiger partial charge in [0.1, 0.15) is 5.60 Å². The summed E-state index contributed by atoms with van der Waals surface area (Å²) in [7, 11) is 0. The molecule has 0 aromatic rings. The molecule has 3 nitrogen and oxygen atoms in total. The van der Waals surface area contributed by atoms with Gasteiger partial charge in [-0.2, -0.15) is 0 Å². The Kier molecular flexibility index (Phi) is 3.24. The number of carbonyl (C=O) groups excluding carboxylic acids is 1. The van der Waals surface area contributed by atoms with Crippen LogP contribution in [0.15, 0.2) is 12.7 Å². The molecule has 4 rings (SSSR count). The number of carbonyl (C=O) groups is 1. The first-order valence-corrected chi connectivity index (χ1v) is 8.01. The average Bonchev–Trinajstić information content (AvgIpc) is 2.40. The van der Waals surface area contributed by atoms with Gasteiger partial charge in [-0.25, -0.2) is 4.79 Å². The van der Waals surface area contributed by atoms with Crippen molar-refractivity contribution in [2.24, 2.45) is 23.7 Å². The summed E-state index contributed by atoms with van der Waals surface area (Å²) in [4.78, 5) is 11.9. The van der Waals surface area contributed by atoms with Gasteiger partial charge < -0.3 is 9.84 Å². The minimum absolute atomic E-state index is 0.301. The molecule has 4 bridgehead atoms. The Bertz CT molecular complexity index is 412. The van der Waals surface area contributed by atoms with Crippen molar-refractivity contribution in [3.05, 3.63) is 12.7 Å². The van der Waals surface area contributed by atoms with Crippen LogP contribution in [0.25, 0.3) is 0 Å². The van der Waals surface area contributed by atoms with Crippen molar-refractivity contribution in [1.82, 2.24) is 0 Å². The van der Waals surface area contributed by atoms with Gasteiger partial charge in [0, 0.05) is 17.9 Å². The van der Waals surface area contributed by atoms with Gasteiger partial charge >= 0.3 is 5.97 Å². The van der Waals surface area contributed by atoms with Gasteiger partial charge in [0.05, 0.1) is 5.60 Å². The van der Waals surface area contributed by atoms with E-state index < -0.39 is 5.60 Å². The molecule has 0 aliphatic heterocycles. The van der Waals surface area contributed by atoms with Crippen molar-refractivity contribution in [3.63, 3.8) is 0 Å². The number of ether oxygens (including phenoxy) is 1. The highest BCUT2D eigenvalue weighted by Crippen LogP contribution is 2.63. The van der Waals surface area contributed by atoms with Gasteiger partial charge in [0.25, 0.3) is 0 Å². The second-order valence-electron chi connectivity index (χ2n) is 7.36. The van der Waals surface area contributed by atoms with E-state index in [1.165, 1.54) is 6.08 Å². The number of aliphatic hydroxyl groups is 1. The van der Waals surface area contributed by atoms with E-state index in [0.717, 1.165) is 38.5 Å². The molecule has 0 radical (unpaired) electrons. The summed E-state index contributed by atoms with van der Waals surface area (Å²) in [5.41, 5.74) is -0.864. The third-order valence-electron chi connectivity index (χ3n) is 6.26. The minimum Gasteiger partial charge on any atom is -0.455 e. The average molecular weight is 278 g/mol. The predicted molar refractivity (Wildman–Crippen MR) is 77.0 cm³/mol. The first-order chi connectivity index (χ1) is 9.43. The number of esters is 1. The van der Waals surface area contributed by atoms with Gasteiger partial charge in [-0.1, -0.05) is 20.4 Å². The molecular weight excluding hydrogens is 252 g/mol. The molecule has 1 N–H and O–H groups in total. The van der Waals surface area contributed by atoms with Gasteiger partial charge in [0.2, 0.25) is 0 Å². The normalized spacial score (nSPS) is 47.0. The number of hydrogen-bond acceptors (Lipinski definition) is 3. The largest absolute Gasteiger partial charge is 0.455 e. The SMILES string of the molecule is C=CC(=O)OC1(C(C)CC)C2CC3CC1CC(O)(C3)C2. The topological polar surface area (TPSA) is 46.5 Å². The highest BCUT2D eigenvalue weighted by Gasteiger charge is 2.65. The third kappa shape index (κ3) is 1.86. The lowest BCUT2D eigenvalue weighted by atomic mass is 9.45. The second kappa shape index (κ2) is 4.59. The summed E-state index contributed by atoms with van der Waals surface area (Å²) in [6.45, 7) is 7.91. The Hall–Kier alpha value is -0.830.